The van der Waals surface area contributed by atoms with Gasteiger partial charge in [0, 0.05) is 17.8 Å². The molecule has 1 aromatic heterocycles. The lowest BCUT2D eigenvalue weighted by molar-refractivity contribution is -0.114. The number of carbonyl (C=O) groups is 1. The summed E-state index contributed by atoms with van der Waals surface area (Å²) in [6.45, 7) is 5.70. The highest BCUT2D eigenvalue weighted by Crippen LogP contribution is 2.26. The van der Waals surface area contributed by atoms with Gasteiger partial charge in [-0.3, -0.25) is 4.79 Å². The number of aromatic amines is 1. The molecular formula is C15H23NO2. The molecule has 0 aromatic carbocycles. The number of hydrogen-bond acceptors (Lipinski definition) is 2. The Balaban J connectivity index is 2.53. The van der Waals surface area contributed by atoms with Crippen LogP contribution in [0.15, 0.2) is 24.8 Å². The number of ketones is 1. The minimum Gasteiger partial charge on any atom is -0.390 e. The summed E-state index contributed by atoms with van der Waals surface area (Å²) in [6, 6.07) is 3.97. The summed E-state index contributed by atoms with van der Waals surface area (Å²) in [5.41, 5.74) is 2.03. The molecule has 0 fully saturated rings. The molecule has 0 aliphatic carbocycles. The summed E-state index contributed by atoms with van der Waals surface area (Å²) in [5, 5.41) is 9.06. The molecule has 0 saturated heterocycles. The lowest BCUT2D eigenvalue weighted by atomic mass is 9.93. The van der Waals surface area contributed by atoms with Gasteiger partial charge in [0.1, 0.15) is 0 Å². The fourth-order valence-electron chi connectivity index (χ4n) is 2.22. The lowest BCUT2D eigenvalue weighted by Crippen LogP contribution is -2.02. The van der Waals surface area contributed by atoms with E-state index in [2.05, 4.69) is 18.5 Å². The maximum Gasteiger partial charge on any atom is 0.155 e. The van der Waals surface area contributed by atoms with E-state index in [1.807, 2.05) is 12.1 Å². The highest BCUT2D eigenvalue weighted by molar-refractivity contribution is 5.88. The molecule has 2 N–H and O–H groups in total. The van der Waals surface area contributed by atoms with Gasteiger partial charge in [-0.2, -0.15) is 0 Å². The summed E-state index contributed by atoms with van der Waals surface area (Å²) < 4.78 is 0. The van der Waals surface area contributed by atoms with Gasteiger partial charge in [-0.1, -0.05) is 19.9 Å². The van der Waals surface area contributed by atoms with Gasteiger partial charge < -0.3 is 10.1 Å². The number of nitrogens with one attached hydrogen (secondary N) is 1. The third kappa shape index (κ3) is 4.49. The van der Waals surface area contributed by atoms with Gasteiger partial charge in [-0.25, -0.2) is 0 Å². The average Bonchev–Trinajstić information content (AvgIpc) is 2.86. The predicted octanol–water partition coefficient (Wildman–Crippen LogP) is 3.32. The van der Waals surface area contributed by atoms with E-state index in [4.69, 9.17) is 5.11 Å². The van der Waals surface area contributed by atoms with Crippen molar-refractivity contribution in [2.24, 2.45) is 0 Å². The largest absolute Gasteiger partial charge is 0.390 e. The third-order valence-corrected chi connectivity index (χ3v) is 3.22. The Hall–Kier alpha value is -1.35. The second-order valence-electron chi connectivity index (χ2n) is 4.65. The van der Waals surface area contributed by atoms with E-state index in [1.54, 1.807) is 0 Å². The van der Waals surface area contributed by atoms with Crippen molar-refractivity contribution < 1.29 is 9.90 Å². The number of rotatable bonds is 9. The van der Waals surface area contributed by atoms with Crippen LogP contribution in [0.4, 0.5) is 0 Å². The molecule has 0 amide bonds. The first-order valence-corrected chi connectivity index (χ1v) is 6.65. The standard InChI is InChI=1S/C15H23NO2/c1-3-6-12(7-5-8-14(18)4-2)15-10-9-13(11-17)16-15/h4,9-10,12,16-17H,2-3,5-8,11H2,1H3. The average molecular weight is 249 g/mol. The van der Waals surface area contributed by atoms with Crippen molar-refractivity contribution in [2.75, 3.05) is 0 Å². The van der Waals surface area contributed by atoms with Gasteiger partial charge in [-0.15, -0.1) is 0 Å². The topological polar surface area (TPSA) is 53.1 Å². The third-order valence-electron chi connectivity index (χ3n) is 3.22. The molecule has 1 heterocycles. The van der Waals surface area contributed by atoms with Crippen LogP contribution in [0.25, 0.3) is 0 Å². The first kappa shape index (κ1) is 14.7. The molecule has 3 nitrogen and oxygen atoms in total. The van der Waals surface area contributed by atoms with E-state index in [0.29, 0.717) is 12.3 Å². The molecule has 0 spiro atoms. The van der Waals surface area contributed by atoms with Crippen LogP contribution in [0.5, 0.6) is 0 Å². The summed E-state index contributed by atoms with van der Waals surface area (Å²) >= 11 is 0. The Bertz CT molecular complexity index is 382. The maximum atomic E-state index is 11.2. The number of allylic oxidation sites excluding steroid dienone is 1. The number of H-pyrrole nitrogens is 1. The van der Waals surface area contributed by atoms with Gasteiger partial charge in [-0.05, 0) is 43.4 Å². The number of aromatic nitrogens is 1. The van der Waals surface area contributed by atoms with Crippen LogP contribution in [0.2, 0.25) is 0 Å². The van der Waals surface area contributed by atoms with E-state index in [9.17, 15) is 4.79 Å². The Labute approximate surface area is 109 Å². The number of carbonyl (C=O) groups excluding carboxylic acids is 1. The summed E-state index contributed by atoms with van der Waals surface area (Å²) in [6.07, 6.45) is 6.09. The monoisotopic (exact) mass is 249 g/mol. The van der Waals surface area contributed by atoms with Crippen molar-refractivity contribution >= 4 is 5.78 Å². The van der Waals surface area contributed by atoms with Gasteiger partial charge in [0.15, 0.2) is 5.78 Å². The minimum atomic E-state index is 0.0494. The molecule has 1 aromatic rings. The molecule has 0 saturated carbocycles. The van der Waals surface area contributed by atoms with Crippen molar-refractivity contribution in [1.29, 1.82) is 0 Å². The van der Waals surface area contributed by atoms with Crippen LogP contribution >= 0.6 is 0 Å². The zero-order chi connectivity index (χ0) is 13.4. The Morgan fingerprint density at radius 2 is 2.28 bits per heavy atom. The van der Waals surface area contributed by atoms with Crippen LogP contribution in [-0.2, 0) is 11.4 Å². The molecule has 100 valence electrons. The molecule has 18 heavy (non-hydrogen) atoms. The van der Waals surface area contributed by atoms with Crippen LogP contribution < -0.4 is 0 Å². The zero-order valence-electron chi connectivity index (χ0n) is 11.1. The molecule has 0 radical (unpaired) electrons. The van der Waals surface area contributed by atoms with Crippen molar-refractivity contribution in [3.63, 3.8) is 0 Å². The molecule has 1 unspecified atom stereocenters. The quantitative estimate of drug-likeness (QED) is 0.660. The minimum absolute atomic E-state index is 0.0494. The Morgan fingerprint density at radius 3 is 2.83 bits per heavy atom. The smallest absolute Gasteiger partial charge is 0.155 e. The van der Waals surface area contributed by atoms with E-state index < -0.39 is 0 Å². The molecule has 0 bridgehead atoms. The number of hydrogen-bond donors (Lipinski definition) is 2. The SMILES string of the molecule is C=CC(=O)CCCC(CCC)c1ccc(CO)[nH]1. The van der Waals surface area contributed by atoms with E-state index in [1.165, 1.54) is 11.8 Å². The Kier molecular flexibility index (Phi) is 6.44. The van der Waals surface area contributed by atoms with Gasteiger partial charge in [0.2, 0.25) is 0 Å². The fourth-order valence-corrected chi connectivity index (χ4v) is 2.22. The van der Waals surface area contributed by atoms with E-state index in [0.717, 1.165) is 31.4 Å². The van der Waals surface area contributed by atoms with Crippen LogP contribution in [0.3, 0.4) is 0 Å². The van der Waals surface area contributed by atoms with Crippen molar-refractivity contribution in [1.82, 2.24) is 4.98 Å². The maximum absolute atomic E-state index is 11.2. The Morgan fingerprint density at radius 1 is 1.50 bits per heavy atom. The summed E-state index contributed by atoms with van der Waals surface area (Å²) in [7, 11) is 0. The van der Waals surface area contributed by atoms with Gasteiger partial charge >= 0.3 is 0 Å². The van der Waals surface area contributed by atoms with Gasteiger partial charge in [0.05, 0.1) is 6.61 Å². The van der Waals surface area contributed by atoms with Crippen molar-refractivity contribution in [2.45, 2.75) is 51.6 Å². The molecule has 1 rings (SSSR count). The van der Waals surface area contributed by atoms with E-state index in [-0.39, 0.29) is 12.4 Å². The molecule has 0 aliphatic heterocycles. The zero-order valence-corrected chi connectivity index (χ0v) is 11.1. The summed E-state index contributed by atoms with van der Waals surface area (Å²) in [5.74, 6) is 0.570. The highest BCUT2D eigenvalue weighted by Gasteiger charge is 2.13. The molecule has 0 aliphatic rings. The second kappa shape index (κ2) is 7.88. The number of aliphatic hydroxyl groups excluding tert-OH is 1. The first-order valence-electron chi connectivity index (χ1n) is 6.65. The van der Waals surface area contributed by atoms with Crippen LogP contribution in [0.1, 0.15) is 56.3 Å². The van der Waals surface area contributed by atoms with E-state index >= 15 is 0 Å². The first-order chi connectivity index (χ1) is 8.71. The second-order valence-corrected chi connectivity index (χ2v) is 4.65. The highest BCUT2D eigenvalue weighted by atomic mass is 16.3. The van der Waals surface area contributed by atoms with Crippen LogP contribution in [-0.4, -0.2) is 15.9 Å². The van der Waals surface area contributed by atoms with Crippen molar-refractivity contribution in [3.05, 3.63) is 36.2 Å². The van der Waals surface area contributed by atoms with Gasteiger partial charge in [0.25, 0.3) is 0 Å². The predicted molar refractivity (Wildman–Crippen MR) is 73.4 cm³/mol. The van der Waals surface area contributed by atoms with Crippen LogP contribution in [0, 0.1) is 0 Å². The summed E-state index contributed by atoms with van der Waals surface area (Å²) in [4.78, 5) is 14.4. The molecular weight excluding hydrogens is 226 g/mol. The molecule has 3 heteroatoms. The normalized spacial score (nSPS) is 12.3. The van der Waals surface area contributed by atoms with Crippen molar-refractivity contribution in [3.8, 4) is 0 Å². The fraction of sp³-hybridized carbons (Fsp3) is 0.533. The number of aliphatic hydroxyl groups is 1. The molecule has 1 atom stereocenters. The lowest BCUT2D eigenvalue weighted by Gasteiger charge is -2.14.